The van der Waals surface area contributed by atoms with E-state index in [2.05, 4.69) is 10.1 Å². The van der Waals surface area contributed by atoms with Crippen LogP contribution in [0.3, 0.4) is 0 Å². The third-order valence-electron chi connectivity index (χ3n) is 2.98. The van der Waals surface area contributed by atoms with Gasteiger partial charge < -0.3 is 19.7 Å². The van der Waals surface area contributed by atoms with Gasteiger partial charge in [0.15, 0.2) is 0 Å². The maximum atomic E-state index is 12.0. The molecule has 0 spiro atoms. The number of amides is 1. The molecule has 0 saturated carbocycles. The van der Waals surface area contributed by atoms with E-state index in [0.29, 0.717) is 13.1 Å². The van der Waals surface area contributed by atoms with Gasteiger partial charge in [0.25, 0.3) is 0 Å². The minimum Gasteiger partial charge on any atom is -0.444 e. The Balaban J connectivity index is 1.77. The summed E-state index contributed by atoms with van der Waals surface area (Å²) in [5.41, 5.74) is 0.284. The van der Waals surface area contributed by atoms with E-state index in [1.54, 1.807) is 17.0 Å². The number of nitrogens with one attached hydrogen (secondary N) is 1. The average molecular weight is 314 g/mol. The number of halogens is 2. The molecule has 1 saturated heterocycles. The van der Waals surface area contributed by atoms with Gasteiger partial charge in [-0.1, -0.05) is 0 Å². The van der Waals surface area contributed by atoms with Crippen molar-refractivity contribution < 1.29 is 23.0 Å². The zero-order valence-electron chi connectivity index (χ0n) is 12.8. The molecule has 5 nitrogen and oxygen atoms in total. The molecule has 1 aromatic carbocycles. The van der Waals surface area contributed by atoms with Crippen LogP contribution in [0.1, 0.15) is 20.8 Å². The van der Waals surface area contributed by atoms with Crippen molar-refractivity contribution in [2.24, 2.45) is 0 Å². The Kier molecular flexibility index (Phi) is 4.73. The summed E-state index contributed by atoms with van der Waals surface area (Å²) in [5, 5.41) is 3.21. The first-order chi connectivity index (χ1) is 10.2. The van der Waals surface area contributed by atoms with Gasteiger partial charge in [-0.25, -0.2) is 4.79 Å². The second-order valence-electron chi connectivity index (χ2n) is 6.13. The van der Waals surface area contributed by atoms with Gasteiger partial charge in [-0.3, -0.25) is 0 Å². The summed E-state index contributed by atoms with van der Waals surface area (Å²) >= 11 is 0. The molecule has 7 heteroatoms. The molecule has 0 unspecified atom stereocenters. The number of carbonyl (C=O) groups is 1. The number of anilines is 1. The van der Waals surface area contributed by atoms with Crippen LogP contribution in [-0.4, -0.2) is 42.3 Å². The summed E-state index contributed by atoms with van der Waals surface area (Å²) in [4.78, 5) is 13.4. The van der Waals surface area contributed by atoms with Crippen LogP contribution in [0.4, 0.5) is 19.3 Å². The number of likely N-dealkylation sites (tertiary alicyclic amines) is 1. The molecule has 0 bridgehead atoms. The summed E-state index contributed by atoms with van der Waals surface area (Å²) < 4.78 is 33.6. The highest BCUT2D eigenvalue weighted by molar-refractivity contribution is 5.69. The van der Waals surface area contributed by atoms with E-state index in [-0.39, 0.29) is 17.9 Å². The fourth-order valence-electron chi connectivity index (χ4n) is 2.01. The molecular weight excluding hydrogens is 294 g/mol. The Morgan fingerprint density at radius 3 is 2.36 bits per heavy atom. The predicted octanol–water partition coefficient (Wildman–Crippen LogP) is 3.32. The van der Waals surface area contributed by atoms with Crippen molar-refractivity contribution in [3.8, 4) is 5.75 Å². The molecule has 0 radical (unpaired) electrons. The molecular formula is C15H20F2N2O3. The van der Waals surface area contributed by atoms with Crippen molar-refractivity contribution in [1.82, 2.24) is 4.90 Å². The van der Waals surface area contributed by atoms with Crippen LogP contribution < -0.4 is 10.1 Å². The third-order valence-corrected chi connectivity index (χ3v) is 2.98. The molecule has 1 heterocycles. The van der Waals surface area contributed by atoms with E-state index in [1.165, 1.54) is 12.1 Å². The minimum atomic E-state index is -2.83. The summed E-state index contributed by atoms with van der Waals surface area (Å²) in [5.74, 6) is 0.115. The Hall–Kier alpha value is -2.05. The van der Waals surface area contributed by atoms with Crippen LogP contribution in [0.15, 0.2) is 24.3 Å². The standard InChI is InChI=1S/C15H20F2N2O3/c1-15(2,3)22-14(20)19-8-11(9-19)18-10-4-6-12(7-5-10)21-13(16)17/h4-7,11,13,18H,8-9H2,1-3H3. The van der Waals surface area contributed by atoms with Crippen molar-refractivity contribution in [3.05, 3.63) is 24.3 Å². The molecule has 22 heavy (non-hydrogen) atoms. The predicted molar refractivity (Wildman–Crippen MR) is 78.3 cm³/mol. The quantitative estimate of drug-likeness (QED) is 0.926. The normalized spacial score (nSPS) is 15.5. The smallest absolute Gasteiger partial charge is 0.410 e. The van der Waals surface area contributed by atoms with Gasteiger partial charge in [0.2, 0.25) is 0 Å². The van der Waals surface area contributed by atoms with Gasteiger partial charge in [0.05, 0.1) is 6.04 Å². The van der Waals surface area contributed by atoms with Crippen LogP contribution in [0.5, 0.6) is 5.75 Å². The van der Waals surface area contributed by atoms with Crippen molar-refractivity contribution in [2.45, 2.75) is 39.0 Å². The third kappa shape index (κ3) is 4.75. The highest BCUT2D eigenvalue weighted by Crippen LogP contribution is 2.21. The topological polar surface area (TPSA) is 50.8 Å². The number of ether oxygens (including phenoxy) is 2. The zero-order chi connectivity index (χ0) is 16.3. The van der Waals surface area contributed by atoms with Gasteiger partial charge >= 0.3 is 12.7 Å². The molecule has 1 fully saturated rings. The van der Waals surface area contributed by atoms with Crippen molar-refractivity contribution in [2.75, 3.05) is 18.4 Å². The first-order valence-corrected chi connectivity index (χ1v) is 7.02. The van der Waals surface area contributed by atoms with Crippen molar-refractivity contribution >= 4 is 11.8 Å². The molecule has 2 rings (SSSR count). The molecule has 0 aromatic heterocycles. The number of hydrogen-bond acceptors (Lipinski definition) is 4. The van der Waals surface area contributed by atoms with Gasteiger partial charge in [-0.15, -0.1) is 0 Å². The van der Waals surface area contributed by atoms with Crippen LogP contribution in [-0.2, 0) is 4.74 Å². The van der Waals surface area contributed by atoms with E-state index in [1.807, 2.05) is 20.8 Å². The van der Waals surface area contributed by atoms with Gasteiger partial charge in [-0.2, -0.15) is 8.78 Å². The molecule has 1 aliphatic heterocycles. The minimum absolute atomic E-state index is 0.115. The summed E-state index contributed by atoms with van der Waals surface area (Å²) in [6.07, 6.45) is -0.328. The van der Waals surface area contributed by atoms with E-state index in [9.17, 15) is 13.6 Å². The lowest BCUT2D eigenvalue weighted by Gasteiger charge is -2.40. The maximum Gasteiger partial charge on any atom is 0.410 e. The van der Waals surface area contributed by atoms with Crippen LogP contribution in [0, 0.1) is 0 Å². The molecule has 0 atom stereocenters. The Labute approximate surface area is 128 Å². The molecule has 122 valence electrons. The summed E-state index contributed by atoms with van der Waals surface area (Å²) in [6, 6.07) is 6.38. The number of hydrogen-bond donors (Lipinski definition) is 1. The first-order valence-electron chi connectivity index (χ1n) is 7.02. The molecule has 0 aliphatic carbocycles. The monoisotopic (exact) mass is 314 g/mol. The van der Waals surface area contributed by atoms with Gasteiger partial charge in [0, 0.05) is 18.8 Å². The largest absolute Gasteiger partial charge is 0.444 e. The molecule has 1 aromatic rings. The Bertz CT molecular complexity index is 509. The van der Waals surface area contributed by atoms with Gasteiger partial charge in [0.1, 0.15) is 11.4 Å². The molecule has 1 aliphatic rings. The van der Waals surface area contributed by atoms with E-state index in [4.69, 9.17) is 4.74 Å². The maximum absolute atomic E-state index is 12.0. The van der Waals surface area contributed by atoms with Gasteiger partial charge in [-0.05, 0) is 45.0 Å². The number of rotatable bonds is 4. The van der Waals surface area contributed by atoms with Crippen molar-refractivity contribution in [3.63, 3.8) is 0 Å². The summed E-state index contributed by atoms with van der Waals surface area (Å²) in [6.45, 7) is 3.73. The lowest BCUT2D eigenvalue weighted by atomic mass is 10.1. The van der Waals surface area contributed by atoms with E-state index < -0.39 is 12.2 Å². The van der Waals surface area contributed by atoms with Crippen LogP contribution in [0.2, 0.25) is 0 Å². The van der Waals surface area contributed by atoms with Crippen LogP contribution in [0.25, 0.3) is 0 Å². The fraction of sp³-hybridized carbons (Fsp3) is 0.533. The number of nitrogens with zero attached hydrogens (tertiary/aromatic N) is 1. The Morgan fingerprint density at radius 1 is 1.27 bits per heavy atom. The van der Waals surface area contributed by atoms with Crippen LogP contribution >= 0.6 is 0 Å². The molecule has 1 amide bonds. The Morgan fingerprint density at radius 2 is 1.86 bits per heavy atom. The summed E-state index contributed by atoms with van der Waals surface area (Å²) in [7, 11) is 0. The van der Waals surface area contributed by atoms with Crippen molar-refractivity contribution in [1.29, 1.82) is 0 Å². The van der Waals surface area contributed by atoms with E-state index in [0.717, 1.165) is 5.69 Å². The second kappa shape index (κ2) is 6.37. The number of carbonyl (C=O) groups excluding carboxylic acids is 1. The SMILES string of the molecule is CC(C)(C)OC(=O)N1CC(Nc2ccc(OC(F)F)cc2)C1. The highest BCUT2D eigenvalue weighted by Gasteiger charge is 2.33. The highest BCUT2D eigenvalue weighted by atomic mass is 19.3. The zero-order valence-corrected chi connectivity index (χ0v) is 12.8. The molecule has 1 N–H and O–H groups in total. The number of benzene rings is 1. The lowest BCUT2D eigenvalue weighted by molar-refractivity contribution is -0.0498. The van der Waals surface area contributed by atoms with E-state index >= 15 is 0 Å². The fourth-order valence-corrected chi connectivity index (χ4v) is 2.01. The first kappa shape index (κ1) is 16.3. The average Bonchev–Trinajstić information content (AvgIpc) is 2.32. The second-order valence-corrected chi connectivity index (χ2v) is 6.13. The number of alkyl halides is 2. The lowest BCUT2D eigenvalue weighted by Crippen LogP contribution is -2.57.